The zero-order valence-corrected chi connectivity index (χ0v) is 13.8. The van der Waals surface area contributed by atoms with Gasteiger partial charge in [-0.3, -0.25) is 0 Å². The zero-order valence-electron chi connectivity index (χ0n) is 12.0. The Morgan fingerprint density at radius 3 is 1.95 bits per heavy atom. The number of fused-ring (bicyclic) bond motifs is 1. The number of hydrogen-bond acceptors (Lipinski definition) is 7. The molecule has 7 saturated heterocycles. The van der Waals surface area contributed by atoms with Crippen LogP contribution in [-0.4, -0.2) is 29.4 Å². The van der Waals surface area contributed by atoms with Crippen molar-refractivity contribution in [3.05, 3.63) is 0 Å². The summed E-state index contributed by atoms with van der Waals surface area (Å²) in [4.78, 5) is -0.345. The third kappa shape index (κ3) is 1.24. The number of hydrogen-bond donors (Lipinski definition) is 1. The lowest BCUT2D eigenvalue weighted by Gasteiger charge is -2.62. The molecule has 0 amide bonds. The van der Waals surface area contributed by atoms with Gasteiger partial charge >= 0.3 is 32.7 Å². The van der Waals surface area contributed by atoms with Crippen LogP contribution in [0.15, 0.2) is 0 Å². The lowest BCUT2D eigenvalue weighted by molar-refractivity contribution is -0.433. The van der Waals surface area contributed by atoms with Gasteiger partial charge in [-0.1, -0.05) is 27.1 Å². The van der Waals surface area contributed by atoms with Crippen molar-refractivity contribution in [3.63, 3.8) is 0 Å². The van der Waals surface area contributed by atoms with E-state index in [0.29, 0.717) is 12.0 Å². The molecule has 1 saturated carbocycles. The second-order valence-corrected chi connectivity index (χ2v) is 12.3. The SMILES string of the molecule is CC12O[P+](C3([P+]45OC(C)(O4)O5)C[C@@H]4CCCN[C@@H]4C3)(O1)O2. The van der Waals surface area contributed by atoms with E-state index in [9.17, 15) is 0 Å². The summed E-state index contributed by atoms with van der Waals surface area (Å²) in [6.07, 6.45) is 4.31. The van der Waals surface area contributed by atoms with Gasteiger partial charge in [0.05, 0.1) is 6.42 Å². The Balaban J connectivity index is 1.40. The highest BCUT2D eigenvalue weighted by molar-refractivity contribution is 7.84. The Morgan fingerprint density at radius 1 is 0.905 bits per heavy atom. The van der Waals surface area contributed by atoms with E-state index < -0.39 is 27.8 Å². The van der Waals surface area contributed by atoms with Crippen LogP contribution in [0.1, 0.15) is 39.5 Å². The highest BCUT2D eigenvalue weighted by Gasteiger charge is 3.10. The molecule has 8 aliphatic rings. The van der Waals surface area contributed by atoms with E-state index in [1.54, 1.807) is 0 Å². The average molecular weight is 335 g/mol. The maximum atomic E-state index is 6.00. The molecule has 9 heteroatoms. The third-order valence-corrected chi connectivity index (χ3v) is 13.3. The largest absolute Gasteiger partial charge is 0.483 e. The first-order valence-corrected chi connectivity index (χ1v) is 10.8. The van der Waals surface area contributed by atoms with E-state index in [1.165, 1.54) is 12.8 Å². The highest BCUT2D eigenvalue weighted by Crippen LogP contribution is 3.09. The van der Waals surface area contributed by atoms with Crippen molar-refractivity contribution in [2.45, 2.75) is 62.4 Å². The van der Waals surface area contributed by atoms with Gasteiger partial charge in [-0.2, -0.15) is 0 Å². The molecule has 116 valence electrons. The fraction of sp³-hybridized carbons (Fsp3) is 1.00. The van der Waals surface area contributed by atoms with Crippen molar-refractivity contribution in [1.29, 1.82) is 0 Å². The minimum atomic E-state index is -2.36. The summed E-state index contributed by atoms with van der Waals surface area (Å²) < 4.78 is 36.0. The van der Waals surface area contributed by atoms with Crippen LogP contribution < -0.4 is 5.32 Å². The van der Waals surface area contributed by atoms with Crippen LogP contribution >= 0.6 is 15.9 Å². The van der Waals surface area contributed by atoms with Gasteiger partial charge in [0.15, 0.2) is 0 Å². The van der Waals surface area contributed by atoms with E-state index in [2.05, 4.69) is 5.32 Å². The highest BCUT2D eigenvalue weighted by atomic mass is 31.3. The lowest BCUT2D eigenvalue weighted by Crippen LogP contribution is -2.71. The van der Waals surface area contributed by atoms with E-state index in [0.717, 1.165) is 19.4 Å². The fourth-order valence-electron chi connectivity index (χ4n) is 4.82. The summed E-state index contributed by atoms with van der Waals surface area (Å²) >= 11 is 0. The Labute approximate surface area is 124 Å². The first kappa shape index (κ1) is 12.9. The number of nitrogens with one attached hydrogen (secondary N) is 1. The van der Waals surface area contributed by atoms with Crippen molar-refractivity contribution >= 4 is 15.9 Å². The van der Waals surface area contributed by atoms with Crippen LogP contribution in [0.2, 0.25) is 0 Å². The monoisotopic (exact) mass is 335 g/mol. The Bertz CT molecular complexity index is 470. The molecule has 4 bridgehead atoms. The van der Waals surface area contributed by atoms with Crippen molar-refractivity contribution in [2.75, 3.05) is 6.54 Å². The molecule has 8 fully saturated rings. The second kappa shape index (κ2) is 3.34. The molecule has 2 atom stereocenters. The molecule has 1 N–H and O–H groups in total. The molecular weight excluding hydrogens is 316 g/mol. The van der Waals surface area contributed by atoms with Crippen LogP contribution in [0.5, 0.6) is 0 Å². The van der Waals surface area contributed by atoms with Gasteiger partial charge in [0, 0.05) is 26.3 Å². The molecule has 0 aromatic rings. The van der Waals surface area contributed by atoms with Crippen LogP contribution in [0.25, 0.3) is 0 Å². The number of piperidine rings is 1. The molecule has 0 unspecified atom stereocenters. The Morgan fingerprint density at radius 2 is 1.48 bits per heavy atom. The van der Waals surface area contributed by atoms with E-state index >= 15 is 0 Å². The predicted molar refractivity (Wildman–Crippen MR) is 73.6 cm³/mol. The van der Waals surface area contributed by atoms with Crippen LogP contribution in [-0.2, 0) is 27.1 Å². The summed E-state index contributed by atoms with van der Waals surface area (Å²) in [6, 6.07) is 0.467. The summed E-state index contributed by atoms with van der Waals surface area (Å²) in [5.74, 6) is -1.03. The predicted octanol–water partition coefficient (Wildman–Crippen LogP) is 2.87. The lowest BCUT2D eigenvalue weighted by atomic mass is 9.94. The Kier molecular flexibility index (Phi) is 2.06. The molecule has 8 rings (SSSR count). The molecule has 21 heavy (non-hydrogen) atoms. The van der Waals surface area contributed by atoms with Crippen molar-refractivity contribution < 1.29 is 27.1 Å². The van der Waals surface area contributed by atoms with Crippen molar-refractivity contribution in [1.82, 2.24) is 5.32 Å². The first-order chi connectivity index (χ1) is 9.92. The molecule has 7 aliphatic heterocycles. The smallest absolute Gasteiger partial charge is 0.313 e. The molecule has 0 aromatic heterocycles. The van der Waals surface area contributed by atoms with E-state index in [4.69, 9.17) is 27.1 Å². The molecule has 1 aliphatic carbocycles. The summed E-state index contributed by atoms with van der Waals surface area (Å²) in [5, 5.41) is 3.63. The quantitative estimate of drug-likeness (QED) is 0.778. The normalized spacial score (nSPS) is 70.0. The van der Waals surface area contributed by atoms with Gasteiger partial charge in [-0.05, 0) is 25.3 Å². The standard InChI is InChI=1S/C12H19NO6P2/c1-10-14-20(15-10,16-10)12(21-17-11(2,18-21)19-21)6-8-4-3-5-13-9(8)7-12/h8-9,13H,3-7H2,1-2H3/q+2/t8-,9+,10?,11?,12?,20?,21?/m0/s1. The van der Waals surface area contributed by atoms with Gasteiger partial charge in [0.2, 0.25) is 0 Å². The van der Waals surface area contributed by atoms with Crippen LogP contribution in [0, 0.1) is 5.92 Å². The van der Waals surface area contributed by atoms with Gasteiger partial charge in [0.1, 0.15) is 0 Å². The van der Waals surface area contributed by atoms with Crippen LogP contribution in [0.3, 0.4) is 0 Å². The van der Waals surface area contributed by atoms with Gasteiger partial charge in [0.25, 0.3) is 0 Å². The summed E-state index contributed by atoms with van der Waals surface area (Å²) in [7, 11) is -4.72. The van der Waals surface area contributed by atoms with Gasteiger partial charge in [-0.15, -0.1) is 0 Å². The molecule has 7 heterocycles. The molecular formula is C12H19NO6P2+2. The van der Waals surface area contributed by atoms with Crippen molar-refractivity contribution in [2.24, 2.45) is 5.92 Å². The van der Waals surface area contributed by atoms with Gasteiger partial charge < -0.3 is 5.32 Å². The van der Waals surface area contributed by atoms with E-state index in [1.807, 2.05) is 13.8 Å². The summed E-state index contributed by atoms with van der Waals surface area (Å²) in [6.45, 7) is 4.70. The topological polar surface area (TPSA) is 67.4 Å². The Hall–Kier alpha value is 0.580. The third-order valence-electron chi connectivity index (χ3n) is 5.60. The zero-order chi connectivity index (χ0) is 14.1. The van der Waals surface area contributed by atoms with Gasteiger partial charge in [-0.25, -0.2) is 0 Å². The maximum Gasteiger partial charge on any atom is 0.483 e. The molecule has 7 nitrogen and oxygen atoms in total. The molecule has 0 spiro atoms. The minimum Gasteiger partial charge on any atom is -0.313 e. The average Bonchev–Trinajstić information content (AvgIpc) is 2.68. The minimum absolute atomic E-state index is 0.345. The van der Waals surface area contributed by atoms with E-state index in [-0.39, 0.29) is 4.90 Å². The van der Waals surface area contributed by atoms with Crippen LogP contribution in [0.4, 0.5) is 0 Å². The molecule has 0 aromatic carbocycles. The fourth-order valence-corrected chi connectivity index (χ4v) is 12.2. The summed E-state index contributed by atoms with van der Waals surface area (Å²) in [5.41, 5.74) is 0. The second-order valence-electron chi connectivity index (χ2n) is 7.12. The number of rotatable bonds is 2. The maximum absolute atomic E-state index is 6.00. The first-order valence-electron chi connectivity index (χ1n) is 7.67. The molecule has 0 radical (unpaired) electrons. The van der Waals surface area contributed by atoms with Crippen molar-refractivity contribution in [3.8, 4) is 0 Å².